The molecule has 0 saturated heterocycles. The fraction of sp³-hybridized carbons (Fsp3) is 0.571. The molecule has 1 N–H and O–H groups in total. The first-order valence-corrected chi connectivity index (χ1v) is 4.63. The summed E-state index contributed by atoms with van der Waals surface area (Å²) in [6, 6.07) is 0. The van der Waals surface area contributed by atoms with E-state index in [1.165, 1.54) is 13.8 Å². The lowest BCUT2D eigenvalue weighted by atomic mass is 9.95. The molecule has 0 radical (unpaired) electrons. The highest BCUT2D eigenvalue weighted by Crippen LogP contribution is 2.26. The summed E-state index contributed by atoms with van der Waals surface area (Å²) in [7, 11) is 0. The average molecular weight is 261 g/mol. The second-order valence-corrected chi connectivity index (χ2v) is 5.40. The molecule has 0 rings (SSSR count). The third-order valence-electron chi connectivity index (χ3n) is 1.36. The summed E-state index contributed by atoms with van der Waals surface area (Å²) in [5.74, 6) is -1.90. The zero-order valence-corrected chi connectivity index (χ0v) is 9.70. The molecule has 0 heterocycles. The van der Waals surface area contributed by atoms with E-state index < -0.39 is 21.0 Å². The Morgan fingerprint density at radius 3 is 1.86 bits per heavy atom. The van der Waals surface area contributed by atoms with Crippen LogP contribution in [0.3, 0.4) is 0 Å². The maximum Gasteiger partial charge on any atom is 0.278 e. The summed E-state index contributed by atoms with van der Waals surface area (Å²) in [5.41, 5.74) is -1.33. The maximum absolute atomic E-state index is 11.2. The van der Waals surface area contributed by atoms with Crippen LogP contribution in [-0.2, 0) is 14.4 Å². The van der Waals surface area contributed by atoms with E-state index in [2.05, 4.69) is 0 Å². The van der Waals surface area contributed by atoms with Crippen LogP contribution in [0.4, 0.5) is 0 Å². The summed E-state index contributed by atoms with van der Waals surface area (Å²) in [6.07, 6.45) is 0.397. The van der Waals surface area contributed by atoms with Gasteiger partial charge in [-0.1, -0.05) is 34.8 Å². The van der Waals surface area contributed by atoms with Gasteiger partial charge in [-0.3, -0.25) is 14.9 Å². The monoisotopic (exact) mass is 259 g/mol. The molecule has 0 saturated carbocycles. The van der Waals surface area contributed by atoms with Gasteiger partial charge in [-0.25, -0.2) is 0 Å². The topological polar surface area (TPSA) is 63.2 Å². The number of nitrogens with one attached hydrogen (secondary N) is 1. The molecule has 0 aromatic carbocycles. The number of hydrogen-bond acceptors (Lipinski definition) is 3. The first kappa shape index (κ1) is 13.7. The van der Waals surface area contributed by atoms with Gasteiger partial charge in [-0.05, 0) is 13.8 Å². The molecule has 0 atom stereocenters. The van der Waals surface area contributed by atoms with Gasteiger partial charge in [0.1, 0.15) is 6.29 Å². The van der Waals surface area contributed by atoms with Crippen LogP contribution in [0.25, 0.3) is 0 Å². The molecule has 0 aliphatic heterocycles. The molecule has 80 valence electrons. The van der Waals surface area contributed by atoms with Gasteiger partial charge < -0.3 is 4.79 Å². The highest BCUT2D eigenvalue weighted by Gasteiger charge is 2.36. The molecule has 0 aliphatic carbocycles. The van der Waals surface area contributed by atoms with Crippen molar-refractivity contribution < 1.29 is 14.4 Å². The Labute approximate surface area is 95.9 Å². The number of amides is 2. The van der Waals surface area contributed by atoms with Crippen LogP contribution in [0.5, 0.6) is 0 Å². The van der Waals surface area contributed by atoms with Crippen LogP contribution in [0, 0.1) is 5.41 Å². The van der Waals surface area contributed by atoms with E-state index in [0.29, 0.717) is 6.29 Å². The Bertz CT molecular complexity index is 270. The molecule has 0 spiro atoms. The molecule has 14 heavy (non-hydrogen) atoms. The van der Waals surface area contributed by atoms with Gasteiger partial charge in [0.2, 0.25) is 5.91 Å². The van der Waals surface area contributed by atoms with Gasteiger partial charge in [0.25, 0.3) is 9.70 Å². The standard InChI is InChI=1S/C7H8Cl3NO3/c1-6(2,3-12)4(13)11-5(14)7(8,9)10/h3H,1-2H3,(H,11,13,14). The van der Waals surface area contributed by atoms with Crippen molar-refractivity contribution >= 4 is 52.9 Å². The van der Waals surface area contributed by atoms with E-state index in [9.17, 15) is 14.4 Å². The lowest BCUT2D eigenvalue weighted by Crippen LogP contribution is -2.45. The Morgan fingerprint density at radius 1 is 1.14 bits per heavy atom. The highest BCUT2D eigenvalue weighted by atomic mass is 35.6. The number of rotatable bonds is 2. The van der Waals surface area contributed by atoms with E-state index in [0.717, 1.165) is 0 Å². The summed E-state index contributed by atoms with van der Waals surface area (Å²) in [4.78, 5) is 32.6. The Hall–Kier alpha value is -0.320. The summed E-state index contributed by atoms with van der Waals surface area (Å²) in [6.45, 7) is 2.67. The van der Waals surface area contributed by atoms with E-state index in [4.69, 9.17) is 34.8 Å². The SMILES string of the molecule is CC(C)(C=O)C(=O)NC(=O)C(Cl)(Cl)Cl. The van der Waals surface area contributed by atoms with Crippen molar-refractivity contribution in [2.45, 2.75) is 17.6 Å². The first-order chi connectivity index (χ1) is 6.11. The van der Waals surface area contributed by atoms with Crippen molar-refractivity contribution in [3.63, 3.8) is 0 Å². The minimum atomic E-state index is -2.21. The third kappa shape index (κ3) is 3.82. The van der Waals surface area contributed by atoms with Crippen LogP contribution >= 0.6 is 34.8 Å². The lowest BCUT2D eigenvalue weighted by molar-refractivity contribution is -0.138. The van der Waals surface area contributed by atoms with Gasteiger partial charge in [0.05, 0.1) is 5.41 Å². The largest absolute Gasteiger partial charge is 0.302 e. The van der Waals surface area contributed by atoms with Gasteiger partial charge in [-0.15, -0.1) is 0 Å². The normalized spacial score (nSPS) is 12.1. The van der Waals surface area contributed by atoms with Crippen molar-refractivity contribution in [2.75, 3.05) is 0 Å². The van der Waals surface area contributed by atoms with E-state index in [1.54, 1.807) is 5.32 Å². The third-order valence-corrected chi connectivity index (χ3v) is 1.88. The zero-order chi connectivity index (χ0) is 11.6. The summed E-state index contributed by atoms with van der Waals surface area (Å²) < 4.78 is -2.21. The van der Waals surface area contributed by atoms with Crippen LogP contribution < -0.4 is 5.32 Å². The quantitative estimate of drug-likeness (QED) is 0.461. The van der Waals surface area contributed by atoms with Crippen molar-refractivity contribution in [3.8, 4) is 0 Å². The van der Waals surface area contributed by atoms with Crippen LogP contribution in [0.1, 0.15) is 13.8 Å². The average Bonchev–Trinajstić information content (AvgIpc) is 2.02. The number of carbonyl (C=O) groups is 3. The molecule has 2 amide bonds. The first-order valence-electron chi connectivity index (χ1n) is 3.50. The predicted octanol–water partition coefficient (Wildman–Crippen LogP) is 1.22. The number of hydrogen-bond donors (Lipinski definition) is 1. The van der Waals surface area contributed by atoms with Crippen molar-refractivity contribution in [2.24, 2.45) is 5.41 Å². The van der Waals surface area contributed by atoms with Crippen molar-refractivity contribution in [1.82, 2.24) is 5.32 Å². The number of carbonyl (C=O) groups excluding carboxylic acids is 3. The Morgan fingerprint density at radius 2 is 1.57 bits per heavy atom. The van der Waals surface area contributed by atoms with Gasteiger partial charge in [0, 0.05) is 0 Å². The van der Waals surface area contributed by atoms with E-state index in [-0.39, 0.29) is 0 Å². The predicted molar refractivity (Wildman–Crippen MR) is 53.3 cm³/mol. The fourth-order valence-electron chi connectivity index (χ4n) is 0.389. The molecule has 0 aromatic rings. The second-order valence-electron chi connectivity index (χ2n) is 3.12. The number of aldehydes is 1. The van der Waals surface area contributed by atoms with Crippen LogP contribution in [0.15, 0.2) is 0 Å². The molecular formula is C7H8Cl3NO3. The van der Waals surface area contributed by atoms with Crippen molar-refractivity contribution in [1.29, 1.82) is 0 Å². The molecule has 0 unspecified atom stereocenters. The maximum atomic E-state index is 11.2. The van der Waals surface area contributed by atoms with Gasteiger partial charge in [0.15, 0.2) is 0 Å². The minimum absolute atomic E-state index is 0.397. The summed E-state index contributed by atoms with van der Waals surface area (Å²) >= 11 is 15.6. The Kier molecular flexibility index (Phi) is 4.36. The smallest absolute Gasteiger partial charge is 0.278 e. The number of alkyl halides is 3. The Balaban J connectivity index is 4.50. The molecule has 0 aliphatic rings. The van der Waals surface area contributed by atoms with E-state index >= 15 is 0 Å². The zero-order valence-electron chi connectivity index (χ0n) is 7.44. The molecule has 0 aromatic heterocycles. The van der Waals surface area contributed by atoms with Crippen LogP contribution in [-0.4, -0.2) is 21.9 Å². The van der Waals surface area contributed by atoms with Gasteiger partial charge in [-0.2, -0.15) is 0 Å². The molecular weight excluding hydrogens is 252 g/mol. The van der Waals surface area contributed by atoms with Crippen LogP contribution in [0.2, 0.25) is 0 Å². The molecule has 7 heteroatoms. The summed E-state index contributed by atoms with van der Waals surface area (Å²) in [5, 5.41) is 1.81. The lowest BCUT2D eigenvalue weighted by Gasteiger charge is -2.17. The van der Waals surface area contributed by atoms with E-state index in [1.807, 2.05) is 0 Å². The number of halogens is 3. The number of imide groups is 1. The van der Waals surface area contributed by atoms with Gasteiger partial charge >= 0.3 is 0 Å². The molecule has 4 nitrogen and oxygen atoms in total. The van der Waals surface area contributed by atoms with Crippen molar-refractivity contribution in [3.05, 3.63) is 0 Å². The molecule has 0 fully saturated rings. The minimum Gasteiger partial charge on any atom is -0.302 e. The fourth-order valence-corrected chi connectivity index (χ4v) is 0.530. The second kappa shape index (κ2) is 4.47. The highest BCUT2D eigenvalue weighted by molar-refractivity contribution is 6.76. The molecule has 0 bridgehead atoms.